The first-order chi connectivity index (χ1) is 10.8. The van der Waals surface area contributed by atoms with E-state index in [9.17, 15) is 0 Å². The summed E-state index contributed by atoms with van der Waals surface area (Å²) in [4.78, 5) is 4.06. The molecule has 0 bridgehead atoms. The van der Waals surface area contributed by atoms with Gasteiger partial charge in [-0.25, -0.2) is 4.98 Å². The first-order valence-corrected chi connectivity index (χ1v) is 7.65. The summed E-state index contributed by atoms with van der Waals surface area (Å²) in [6.07, 6.45) is 5.67. The highest BCUT2D eigenvalue weighted by molar-refractivity contribution is 5.28. The van der Waals surface area contributed by atoms with Crippen LogP contribution in [0.15, 0.2) is 43.0 Å². The van der Waals surface area contributed by atoms with Crippen LogP contribution in [0.5, 0.6) is 5.75 Å². The SMILES string of the molecule is COCCOc1cccc(CNCC(C)Cn2ccnc2)c1. The fourth-order valence-electron chi connectivity index (χ4n) is 2.27. The van der Waals surface area contributed by atoms with E-state index in [1.807, 2.05) is 30.9 Å². The van der Waals surface area contributed by atoms with E-state index < -0.39 is 0 Å². The van der Waals surface area contributed by atoms with Crippen LogP contribution in [-0.2, 0) is 17.8 Å². The molecule has 2 aromatic rings. The zero-order valence-corrected chi connectivity index (χ0v) is 13.4. The van der Waals surface area contributed by atoms with E-state index in [0.29, 0.717) is 19.1 Å². The fraction of sp³-hybridized carbons (Fsp3) is 0.471. The van der Waals surface area contributed by atoms with Gasteiger partial charge in [0.2, 0.25) is 0 Å². The van der Waals surface area contributed by atoms with E-state index in [4.69, 9.17) is 9.47 Å². The van der Waals surface area contributed by atoms with Crippen LogP contribution in [0.4, 0.5) is 0 Å². The fourth-order valence-corrected chi connectivity index (χ4v) is 2.27. The quantitative estimate of drug-likeness (QED) is 0.684. The lowest BCUT2D eigenvalue weighted by atomic mass is 10.1. The average Bonchev–Trinajstić information content (AvgIpc) is 3.01. The van der Waals surface area contributed by atoms with Crippen LogP contribution in [0.3, 0.4) is 0 Å². The van der Waals surface area contributed by atoms with Gasteiger partial charge in [0.25, 0.3) is 0 Å². The summed E-state index contributed by atoms with van der Waals surface area (Å²) in [6, 6.07) is 8.18. The van der Waals surface area contributed by atoms with Gasteiger partial charge in [0, 0.05) is 32.6 Å². The van der Waals surface area contributed by atoms with Gasteiger partial charge >= 0.3 is 0 Å². The molecule has 5 heteroatoms. The summed E-state index contributed by atoms with van der Waals surface area (Å²) >= 11 is 0. The molecule has 0 amide bonds. The van der Waals surface area contributed by atoms with E-state index in [1.165, 1.54) is 5.56 Å². The molecule has 22 heavy (non-hydrogen) atoms. The van der Waals surface area contributed by atoms with E-state index in [0.717, 1.165) is 25.4 Å². The zero-order valence-electron chi connectivity index (χ0n) is 13.4. The van der Waals surface area contributed by atoms with Crippen LogP contribution in [-0.4, -0.2) is 36.4 Å². The van der Waals surface area contributed by atoms with E-state index in [1.54, 1.807) is 7.11 Å². The van der Waals surface area contributed by atoms with Crippen molar-refractivity contribution in [1.29, 1.82) is 0 Å². The summed E-state index contributed by atoms with van der Waals surface area (Å²) in [7, 11) is 1.68. The Labute approximate surface area is 132 Å². The Balaban J connectivity index is 1.70. The minimum atomic E-state index is 0.551. The maximum absolute atomic E-state index is 5.62. The Kier molecular flexibility index (Phi) is 6.93. The number of methoxy groups -OCH3 is 1. The van der Waals surface area contributed by atoms with Crippen molar-refractivity contribution in [2.75, 3.05) is 26.9 Å². The molecule has 1 atom stereocenters. The molecule has 0 spiro atoms. The summed E-state index contributed by atoms with van der Waals surface area (Å²) in [5, 5.41) is 3.49. The van der Waals surface area contributed by atoms with Crippen LogP contribution < -0.4 is 10.1 Å². The third kappa shape index (κ3) is 5.87. The molecule has 0 saturated carbocycles. The predicted octanol–water partition coefficient (Wildman–Crippen LogP) is 2.33. The molecule has 0 aliphatic carbocycles. The highest BCUT2D eigenvalue weighted by Gasteiger charge is 2.03. The maximum atomic E-state index is 5.62. The third-order valence-corrected chi connectivity index (χ3v) is 3.36. The molecule has 1 aromatic carbocycles. The number of hydrogen-bond acceptors (Lipinski definition) is 4. The van der Waals surface area contributed by atoms with E-state index in [-0.39, 0.29) is 0 Å². The molecule has 2 rings (SSSR count). The van der Waals surface area contributed by atoms with Gasteiger partial charge in [-0.3, -0.25) is 0 Å². The number of hydrogen-bond donors (Lipinski definition) is 1. The Morgan fingerprint density at radius 2 is 2.23 bits per heavy atom. The van der Waals surface area contributed by atoms with Crippen molar-refractivity contribution in [1.82, 2.24) is 14.9 Å². The van der Waals surface area contributed by atoms with Crippen molar-refractivity contribution >= 4 is 0 Å². The second-order valence-electron chi connectivity index (χ2n) is 5.48. The van der Waals surface area contributed by atoms with Crippen molar-refractivity contribution in [2.24, 2.45) is 5.92 Å². The highest BCUT2D eigenvalue weighted by atomic mass is 16.5. The smallest absolute Gasteiger partial charge is 0.119 e. The zero-order chi connectivity index (χ0) is 15.6. The van der Waals surface area contributed by atoms with Crippen molar-refractivity contribution < 1.29 is 9.47 Å². The molecule has 1 N–H and O–H groups in total. The number of imidazole rings is 1. The van der Waals surface area contributed by atoms with Crippen LogP contribution >= 0.6 is 0 Å². The summed E-state index contributed by atoms with van der Waals surface area (Å²) in [5.74, 6) is 1.44. The van der Waals surface area contributed by atoms with Gasteiger partial charge in [-0.2, -0.15) is 0 Å². The van der Waals surface area contributed by atoms with Gasteiger partial charge in [0.1, 0.15) is 12.4 Å². The number of nitrogens with one attached hydrogen (secondary N) is 1. The van der Waals surface area contributed by atoms with Gasteiger partial charge in [-0.1, -0.05) is 19.1 Å². The lowest BCUT2D eigenvalue weighted by Gasteiger charge is -2.13. The molecule has 0 radical (unpaired) electrons. The standard InChI is InChI=1S/C17H25N3O2/c1-15(13-20-7-6-18-14-20)11-19-12-16-4-3-5-17(10-16)22-9-8-21-2/h3-7,10,14-15,19H,8-9,11-13H2,1-2H3. The summed E-state index contributed by atoms with van der Waals surface area (Å²) in [5.41, 5.74) is 1.23. The van der Waals surface area contributed by atoms with Crippen molar-refractivity contribution in [3.8, 4) is 5.75 Å². The maximum Gasteiger partial charge on any atom is 0.119 e. The van der Waals surface area contributed by atoms with Gasteiger partial charge < -0.3 is 19.4 Å². The van der Waals surface area contributed by atoms with E-state index in [2.05, 4.69) is 33.9 Å². The molecule has 1 heterocycles. The van der Waals surface area contributed by atoms with Crippen molar-refractivity contribution in [3.05, 3.63) is 48.5 Å². The summed E-state index contributed by atoms with van der Waals surface area (Å²) in [6.45, 7) is 6.21. The van der Waals surface area contributed by atoms with Crippen LogP contribution in [0.2, 0.25) is 0 Å². The molecule has 120 valence electrons. The van der Waals surface area contributed by atoms with Crippen LogP contribution in [0.25, 0.3) is 0 Å². The number of benzene rings is 1. The normalized spacial score (nSPS) is 12.3. The second kappa shape index (κ2) is 9.23. The Hall–Kier alpha value is -1.85. The van der Waals surface area contributed by atoms with Crippen molar-refractivity contribution in [3.63, 3.8) is 0 Å². The molecular formula is C17H25N3O2. The largest absolute Gasteiger partial charge is 0.491 e. The molecule has 1 unspecified atom stereocenters. The Morgan fingerprint density at radius 3 is 3.00 bits per heavy atom. The molecule has 0 saturated heterocycles. The summed E-state index contributed by atoms with van der Waals surface area (Å²) < 4.78 is 12.7. The first-order valence-electron chi connectivity index (χ1n) is 7.65. The number of aromatic nitrogens is 2. The predicted molar refractivity (Wildman–Crippen MR) is 86.9 cm³/mol. The molecule has 0 aliphatic rings. The average molecular weight is 303 g/mol. The molecule has 1 aromatic heterocycles. The van der Waals surface area contributed by atoms with Crippen LogP contribution in [0, 0.1) is 5.92 Å². The lowest BCUT2D eigenvalue weighted by molar-refractivity contribution is 0.146. The number of ether oxygens (including phenoxy) is 2. The van der Waals surface area contributed by atoms with Gasteiger partial charge in [0.05, 0.1) is 12.9 Å². The first kappa shape index (κ1) is 16.5. The lowest BCUT2D eigenvalue weighted by Crippen LogP contribution is -2.23. The molecule has 0 fully saturated rings. The number of nitrogens with zero attached hydrogens (tertiary/aromatic N) is 2. The minimum Gasteiger partial charge on any atom is -0.491 e. The Bertz CT molecular complexity index is 528. The monoisotopic (exact) mass is 303 g/mol. The highest BCUT2D eigenvalue weighted by Crippen LogP contribution is 2.13. The second-order valence-corrected chi connectivity index (χ2v) is 5.48. The minimum absolute atomic E-state index is 0.551. The van der Waals surface area contributed by atoms with Gasteiger partial charge in [0.15, 0.2) is 0 Å². The van der Waals surface area contributed by atoms with Gasteiger partial charge in [-0.15, -0.1) is 0 Å². The molecule has 5 nitrogen and oxygen atoms in total. The van der Waals surface area contributed by atoms with Crippen molar-refractivity contribution in [2.45, 2.75) is 20.0 Å². The van der Waals surface area contributed by atoms with Crippen LogP contribution in [0.1, 0.15) is 12.5 Å². The third-order valence-electron chi connectivity index (χ3n) is 3.36. The molecule has 0 aliphatic heterocycles. The van der Waals surface area contributed by atoms with E-state index >= 15 is 0 Å². The topological polar surface area (TPSA) is 48.3 Å². The number of rotatable bonds is 10. The molecular weight excluding hydrogens is 278 g/mol. The van der Waals surface area contributed by atoms with Gasteiger partial charge in [-0.05, 0) is 30.2 Å². The Morgan fingerprint density at radius 1 is 1.32 bits per heavy atom.